The van der Waals surface area contributed by atoms with Crippen molar-refractivity contribution < 1.29 is 9.53 Å². The number of nitrogens with zero attached hydrogens (tertiary/aromatic N) is 2. The summed E-state index contributed by atoms with van der Waals surface area (Å²) in [6.07, 6.45) is 3.02. The molecular formula is C8H9Cl2N3O2. The van der Waals surface area contributed by atoms with E-state index in [4.69, 9.17) is 28.9 Å². The second-order valence-electron chi connectivity index (χ2n) is 2.64. The lowest BCUT2D eigenvalue weighted by Gasteiger charge is -1.95. The van der Waals surface area contributed by atoms with Gasteiger partial charge in [0.1, 0.15) is 4.49 Å². The van der Waals surface area contributed by atoms with Gasteiger partial charge in [-0.3, -0.25) is 4.68 Å². The summed E-state index contributed by atoms with van der Waals surface area (Å²) < 4.78 is 6.06. The number of halogens is 2. The van der Waals surface area contributed by atoms with Gasteiger partial charge in [-0.2, -0.15) is 5.10 Å². The van der Waals surface area contributed by atoms with Crippen molar-refractivity contribution in [3.63, 3.8) is 0 Å². The first-order valence-electron chi connectivity index (χ1n) is 3.97. The number of rotatable bonds is 3. The zero-order chi connectivity index (χ0) is 11.4. The average Bonchev–Trinajstić information content (AvgIpc) is 2.55. The van der Waals surface area contributed by atoms with E-state index >= 15 is 0 Å². The van der Waals surface area contributed by atoms with Crippen molar-refractivity contribution in [3.05, 3.63) is 22.5 Å². The summed E-state index contributed by atoms with van der Waals surface area (Å²) in [7, 11) is 1.26. The summed E-state index contributed by atoms with van der Waals surface area (Å²) in [5, 5.41) is 3.91. The van der Waals surface area contributed by atoms with Crippen LogP contribution in [0.25, 0.3) is 0 Å². The molecule has 0 aliphatic rings. The van der Waals surface area contributed by atoms with Gasteiger partial charge in [-0.15, -0.1) is 0 Å². The van der Waals surface area contributed by atoms with E-state index in [2.05, 4.69) is 9.84 Å². The molecule has 15 heavy (non-hydrogen) atoms. The number of carbonyl (C=O) groups is 1. The highest BCUT2D eigenvalue weighted by Gasteiger charge is 2.14. The molecule has 0 spiro atoms. The third-order valence-corrected chi connectivity index (χ3v) is 1.91. The number of allylic oxidation sites excluding steroid dienone is 1. The molecule has 0 aliphatic carbocycles. The quantitative estimate of drug-likeness (QED) is 0.826. The molecule has 7 heteroatoms. The molecule has 0 saturated heterocycles. The lowest BCUT2D eigenvalue weighted by atomic mass is 10.4. The number of aromatic nitrogens is 2. The summed E-state index contributed by atoms with van der Waals surface area (Å²) in [6, 6.07) is 0. The van der Waals surface area contributed by atoms with E-state index in [0.717, 1.165) is 0 Å². The summed E-state index contributed by atoms with van der Waals surface area (Å²) in [4.78, 5) is 11.1. The molecule has 1 aromatic heterocycles. The predicted molar refractivity (Wildman–Crippen MR) is 57.8 cm³/mol. The molecular weight excluding hydrogens is 241 g/mol. The third kappa shape index (κ3) is 3.14. The molecule has 0 saturated carbocycles. The van der Waals surface area contributed by atoms with Crippen molar-refractivity contribution in [1.29, 1.82) is 0 Å². The van der Waals surface area contributed by atoms with E-state index in [9.17, 15) is 4.79 Å². The molecule has 2 N–H and O–H groups in total. The number of methoxy groups -OCH3 is 1. The third-order valence-electron chi connectivity index (χ3n) is 1.60. The highest BCUT2D eigenvalue weighted by atomic mass is 35.5. The first-order valence-corrected chi connectivity index (χ1v) is 4.72. The molecule has 0 aromatic carbocycles. The van der Waals surface area contributed by atoms with Gasteiger partial charge in [-0.1, -0.05) is 23.2 Å². The molecule has 5 nitrogen and oxygen atoms in total. The fourth-order valence-electron chi connectivity index (χ4n) is 0.948. The van der Waals surface area contributed by atoms with Crippen LogP contribution in [0.15, 0.2) is 16.8 Å². The van der Waals surface area contributed by atoms with Gasteiger partial charge in [-0.25, -0.2) is 4.79 Å². The normalized spacial score (nSPS) is 9.80. The van der Waals surface area contributed by atoms with E-state index in [-0.39, 0.29) is 15.9 Å². The van der Waals surface area contributed by atoms with Crippen molar-refractivity contribution in [1.82, 2.24) is 9.78 Å². The van der Waals surface area contributed by atoms with Crippen LogP contribution < -0.4 is 5.73 Å². The van der Waals surface area contributed by atoms with Crippen molar-refractivity contribution >= 4 is 34.9 Å². The second kappa shape index (κ2) is 5.04. The Balaban J connectivity index is 2.86. The van der Waals surface area contributed by atoms with Crippen LogP contribution in [0.4, 0.5) is 5.69 Å². The fourth-order valence-corrected chi connectivity index (χ4v) is 1.09. The van der Waals surface area contributed by atoms with Crippen molar-refractivity contribution in [3.8, 4) is 0 Å². The average molecular weight is 250 g/mol. The molecule has 0 amide bonds. The van der Waals surface area contributed by atoms with Crippen LogP contribution in [0.5, 0.6) is 0 Å². The highest BCUT2D eigenvalue weighted by Crippen LogP contribution is 2.11. The lowest BCUT2D eigenvalue weighted by molar-refractivity contribution is 0.0594. The number of esters is 1. The summed E-state index contributed by atoms with van der Waals surface area (Å²) >= 11 is 10.9. The molecule has 0 bridgehead atoms. The summed E-state index contributed by atoms with van der Waals surface area (Å²) in [6.45, 7) is 0.337. The maximum absolute atomic E-state index is 11.1. The van der Waals surface area contributed by atoms with E-state index in [1.54, 1.807) is 0 Å². The van der Waals surface area contributed by atoms with Gasteiger partial charge >= 0.3 is 5.97 Å². The topological polar surface area (TPSA) is 70.1 Å². The SMILES string of the molecule is COC(=O)c1nn(CC=C(Cl)Cl)cc1N. The number of anilines is 1. The van der Waals surface area contributed by atoms with Crippen molar-refractivity contribution in [2.75, 3.05) is 12.8 Å². The van der Waals surface area contributed by atoms with Crippen LogP contribution in [-0.2, 0) is 11.3 Å². The van der Waals surface area contributed by atoms with Gasteiger partial charge in [0, 0.05) is 6.20 Å². The maximum atomic E-state index is 11.1. The number of hydrogen-bond donors (Lipinski definition) is 1. The number of carbonyl (C=O) groups excluding carboxylic acids is 1. The van der Waals surface area contributed by atoms with Gasteiger partial charge < -0.3 is 10.5 Å². The lowest BCUT2D eigenvalue weighted by Crippen LogP contribution is -2.06. The number of nitrogens with two attached hydrogens (primary N) is 1. The summed E-state index contributed by atoms with van der Waals surface area (Å²) in [5.74, 6) is -0.577. The Labute approximate surface area is 96.4 Å². The second-order valence-corrected chi connectivity index (χ2v) is 3.65. The molecule has 1 aromatic rings. The van der Waals surface area contributed by atoms with Gasteiger partial charge in [0.25, 0.3) is 0 Å². The first kappa shape index (κ1) is 11.9. The van der Waals surface area contributed by atoms with Gasteiger partial charge in [0.15, 0.2) is 5.69 Å². The number of hydrogen-bond acceptors (Lipinski definition) is 4. The van der Waals surface area contributed by atoms with Crippen molar-refractivity contribution in [2.24, 2.45) is 0 Å². The predicted octanol–water partition coefficient (Wildman–Crippen LogP) is 1.57. The van der Waals surface area contributed by atoms with E-state index < -0.39 is 5.97 Å². The van der Waals surface area contributed by atoms with Crippen LogP contribution in [-0.4, -0.2) is 22.9 Å². The molecule has 0 fully saturated rings. The Morgan fingerprint density at radius 2 is 2.40 bits per heavy atom. The summed E-state index contributed by atoms with van der Waals surface area (Å²) in [5.41, 5.74) is 5.88. The van der Waals surface area contributed by atoms with E-state index in [1.807, 2.05) is 0 Å². The Bertz CT molecular complexity index is 397. The van der Waals surface area contributed by atoms with Crippen LogP contribution >= 0.6 is 23.2 Å². The standard InChI is InChI=1S/C8H9Cl2N3O2/c1-15-8(14)7-5(11)4-13(12-7)3-2-6(9)10/h2,4H,3,11H2,1H3. The highest BCUT2D eigenvalue weighted by molar-refractivity contribution is 6.55. The Morgan fingerprint density at radius 3 is 2.93 bits per heavy atom. The van der Waals surface area contributed by atoms with Crippen molar-refractivity contribution in [2.45, 2.75) is 6.54 Å². The van der Waals surface area contributed by atoms with Gasteiger partial charge in [0.05, 0.1) is 19.3 Å². The fraction of sp³-hybridized carbons (Fsp3) is 0.250. The molecule has 0 aliphatic heterocycles. The monoisotopic (exact) mass is 249 g/mol. The largest absolute Gasteiger partial charge is 0.464 e. The molecule has 0 radical (unpaired) electrons. The molecule has 82 valence electrons. The molecule has 1 rings (SSSR count). The van der Waals surface area contributed by atoms with Gasteiger partial charge in [-0.05, 0) is 6.08 Å². The number of nitrogen functional groups attached to an aromatic ring is 1. The van der Waals surface area contributed by atoms with Crippen LogP contribution in [0.3, 0.4) is 0 Å². The van der Waals surface area contributed by atoms with Crippen LogP contribution in [0.2, 0.25) is 0 Å². The molecule has 1 heterocycles. The van der Waals surface area contributed by atoms with E-state index in [0.29, 0.717) is 6.54 Å². The first-order chi connectivity index (χ1) is 7.04. The molecule has 0 unspecified atom stereocenters. The minimum Gasteiger partial charge on any atom is -0.464 e. The van der Waals surface area contributed by atoms with E-state index in [1.165, 1.54) is 24.1 Å². The Kier molecular flexibility index (Phi) is 3.99. The van der Waals surface area contributed by atoms with Gasteiger partial charge in [0.2, 0.25) is 0 Å². The Morgan fingerprint density at radius 1 is 1.73 bits per heavy atom. The molecule has 0 atom stereocenters. The van der Waals surface area contributed by atoms with Crippen LogP contribution in [0.1, 0.15) is 10.5 Å². The minimum atomic E-state index is -0.577. The minimum absolute atomic E-state index is 0.0802. The number of ether oxygens (including phenoxy) is 1. The van der Waals surface area contributed by atoms with Crippen LogP contribution in [0, 0.1) is 0 Å². The smallest absolute Gasteiger partial charge is 0.360 e. The zero-order valence-corrected chi connectivity index (χ0v) is 9.42. The zero-order valence-electron chi connectivity index (χ0n) is 7.91. The Hall–Kier alpha value is -1.20. The maximum Gasteiger partial charge on any atom is 0.360 e.